The van der Waals surface area contributed by atoms with Gasteiger partial charge in [-0.3, -0.25) is 4.79 Å². The van der Waals surface area contributed by atoms with Crippen molar-refractivity contribution in [1.82, 2.24) is 14.9 Å². The van der Waals surface area contributed by atoms with E-state index >= 15 is 0 Å². The third kappa shape index (κ3) is 4.06. The molecule has 1 aromatic rings. The van der Waals surface area contributed by atoms with E-state index in [1.54, 1.807) is 11.8 Å². The van der Waals surface area contributed by atoms with Crippen molar-refractivity contribution in [2.24, 2.45) is 5.92 Å². The number of hydrogen-bond donors (Lipinski definition) is 1. The van der Waals surface area contributed by atoms with Crippen molar-refractivity contribution >= 4 is 17.7 Å². The summed E-state index contributed by atoms with van der Waals surface area (Å²) in [6, 6.07) is 0.785. The molecule has 22 heavy (non-hydrogen) atoms. The van der Waals surface area contributed by atoms with Crippen LogP contribution in [-0.4, -0.2) is 27.3 Å². The van der Waals surface area contributed by atoms with Crippen LogP contribution in [0.15, 0.2) is 5.16 Å². The molecule has 1 N–H and O–H groups in total. The van der Waals surface area contributed by atoms with Crippen molar-refractivity contribution in [2.45, 2.75) is 77.5 Å². The van der Waals surface area contributed by atoms with Crippen LogP contribution in [0, 0.1) is 19.8 Å². The second-order valence-electron chi connectivity index (χ2n) is 6.76. The molecule has 1 aliphatic rings. The molecule has 1 fully saturated rings. The Kier molecular flexibility index (Phi) is 5.95. The van der Waals surface area contributed by atoms with Gasteiger partial charge in [0.1, 0.15) is 0 Å². The number of amides is 1. The molecule has 5 heteroatoms. The highest BCUT2D eigenvalue weighted by Crippen LogP contribution is 2.35. The quantitative estimate of drug-likeness (QED) is 0.808. The number of imidazole rings is 1. The zero-order valence-electron chi connectivity index (χ0n) is 14.5. The van der Waals surface area contributed by atoms with Gasteiger partial charge in [0.25, 0.3) is 0 Å². The first kappa shape index (κ1) is 17.4. The van der Waals surface area contributed by atoms with Gasteiger partial charge in [0.15, 0.2) is 5.16 Å². The van der Waals surface area contributed by atoms with Crippen LogP contribution in [0.2, 0.25) is 0 Å². The summed E-state index contributed by atoms with van der Waals surface area (Å²) in [5, 5.41) is 4.07. The van der Waals surface area contributed by atoms with E-state index in [1.165, 1.54) is 31.4 Å². The third-order valence-electron chi connectivity index (χ3n) is 4.77. The summed E-state index contributed by atoms with van der Waals surface area (Å²) < 4.78 is 2.37. The summed E-state index contributed by atoms with van der Waals surface area (Å²) in [7, 11) is 0. The highest BCUT2D eigenvalue weighted by atomic mass is 32.2. The maximum absolute atomic E-state index is 12.1. The first-order valence-electron chi connectivity index (χ1n) is 8.37. The molecule has 0 saturated heterocycles. The molecular weight excluding hydrogens is 294 g/mol. The standard InChI is InChI=1S/C17H29N3OS/c1-11(2)12(3)18-16(21)10-22-17-19-13(4)14(5)20(17)15-8-6-7-9-15/h11-12,15H,6-10H2,1-5H3,(H,18,21)/t12-/m1/s1. The average Bonchev–Trinajstić information content (AvgIpc) is 3.06. The predicted octanol–water partition coefficient (Wildman–Crippen LogP) is 3.87. The van der Waals surface area contributed by atoms with Crippen molar-refractivity contribution in [1.29, 1.82) is 0 Å². The molecule has 1 amide bonds. The zero-order chi connectivity index (χ0) is 16.3. The molecule has 0 bridgehead atoms. The van der Waals surface area contributed by atoms with Gasteiger partial charge < -0.3 is 9.88 Å². The summed E-state index contributed by atoms with van der Waals surface area (Å²) >= 11 is 1.57. The Hall–Kier alpha value is -0.970. The van der Waals surface area contributed by atoms with Gasteiger partial charge >= 0.3 is 0 Å². The molecule has 4 nitrogen and oxygen atoms in total. The Bertz CT molecular complexity index is 518. The van der Waals surface area contributed by atoms with Gasteiger partial charge in [0.05, 0.1) is 11.4 Å². The van der Waals surface area contributed by atoms with Crippen LogP contribution < -0.4 is 5.32 Å². The Morgan fingerprint density at radius 3 is 2.55 bits per heavy atom. The Balaban J connectivity index is 2.00. The van der Waals surface area contributed by atoms with Crippen LogP contribution in [0.3, 0.4) is 0 Å². The van der Waals surface area contributed by atoms with E-state index in [-0.39, 0.29) is 11.9 Å². The number of aryl methyl sites for hydroxylation is 1. The smallest absolute Gasteiger partial charge is 0.230 e. The van der Waals surface area contributed by atoms with Gasteiger partial charge in [0.2, 0.25) is 5.91 Å². The number of nitrogens with zero attached hydrogens (tertiary/aromatic N) is 2. The van der Waals surface area contributed by atoms with Crippen molar-refractivity contribution in [2.75, 3.05) is 5.75 Å². The second kappa shape index (κ2) is 7.53. The Labute approximate surface area is 138 Å². The van der Waals surface area contributed by atoms with Crippen molar-refractivity contribution < 1.29 is 4.79 Å². The fraction of sp³-hybridized carbons (Fsp3) is 0.765. The molecular formula is C17H29N3OS. The minimum atomic E-state index is 0.0995. The SMILES string of the molecule is Cc1nc(SCC(=O)N[C@H](C)C(C)C)n(C2CCCC2)c1C. The molecule has 1 aliphatic carbocycles. The summed E-state index contributed by atoms with van der Waals surface area (Å²) in [5.74, 6) is 1.00. The van der Waals surface area contributed by atoms with E-state index in [0.29, 0.717) is 17.7 Å². The lowest BCUT2D eigenvalue weighted by molar-refractivity contribution is -0.119. The maximum Gasteiger partial charge on any atom is 0.230 e. The fourth-order valence-electron chi connectivity index (χ4n) is 2.88. The van der Waals surface area contributed by atoms with E-state index in [9.17, 15) is 4.79 Å². The lowest BCUT2D eigenvalue weighted by Gasteiger charge is -2.18. The first-order chi connectivity index (χ1) is 10.4. The van der Waals surface area contributed by atoms with Gasteiger partial charge in [0, 0.05) is 17.8 Å². The third-order valence-corrected chi connectivity index (χ3v) is 5.72. The van der Waals surface area contributed by atoms with Gasteiger partial charge in [-0.25, -0.2) is 4.98 Å². The number of thioether (sulfide) groups is 1. The van der Waals surface area contributed by atoms with Gasteiger partial charge in [-0.15, -0.1) is 0 Å². The molecule has 1 heterocycles. The monoisotopic (exact) mass is 323 g/mol. The molecule has 1 atom stereocenters. The van der Waals surface area contributed by atoms with Crippen LogP contribution in [-0.2, 0) is 4.79 Å². The Morgan fingerprint density at radius 2 is 1.95 bits per heavy atom. The average molecular weight is 324 g/mol. The molecule has 0 radical (unpaired) electrons. The molecule has 0 spiro atoms. The van der Waals surface area contributed by atoms with Gasteiger partial charge in [-0.05, 0) is 39.5 Å². The fourth-order valence-corrected chi connectivity index (χ4v) is 3.85. The molecule has 1 saturated carbocycles. The Morgan fingerprint density at radius 1 is 1.32 bits per heavy atom. The first-order valence-corrected chi connectivity index (χ1v) is 9.36. The number of aromatic nitrogens is 2. The van der Waals surface area contributed by atoms with E-state index < -0.39 is 0 Å². The second-order valence-corrected chi connectivity index (χ2v) is 7.70. The topological polar surface area (TPSA) is 46.9 Å². The van der Waals surface area contributed by atoms with E-state index in [4.69, 9.17) is 0 Å². The number of nitrogens with one attached hydrogen (secondary N) is 1. The molecule has 2 rings (SSSR count). The normalized spacial score (nSPS) is 17.2. The largest absolute Gasteiger partial charge is 0.353 e. The summed E-state index contributed by atoms with van der Waals surface area (Å²) in [4.78, 5) is 16.8. The van der Waals surface area contributed by atoms with Gasteiger partial charge in [-0.1, -0.05) is 38.5 Å². The summed E-state index contributed by atoms with van der Waals surface area (Å²) in [6.07, 6.45) is 5.08. The summed E-state index contributed by atoms with van der Waals surface area (Å²) in [6.45, 7) is 10.5. The van der Waals surface area contributed by atoms with Crippen LogP contribution in [0.1, 0.15) is 63.9 Å². The molecule has 124 valence electrons. The number of carbonyl (C=O) groups excluding carboxylic acids is 1. The lowest BCUT2D eigenvalue weighted by Crippen LogP contribution is -2.37. The van der Waals surface area contributed by atoms with Gasteiger partial charge in [-0.2, -0.15) is 0 Å². The van der Waals surface area contributed by atoms with Crippen molar-refractivity contribution in [3.05, 3.63) is 11.4 Å². The lowest BCUT2D eigenvalue weighted by atomic mass is 10.1. The maximum atomic E-state index is 12.1. The summed E-state index contributed by atoms with van der Waals surface area (Å²) in [5.41, 5.74) is 2.34. The number of rotatable bonds is 6. The number of carbonyl (C=O) groups is 1. The molecule has 0 aliphatic heterocycles. The predicted molar refractivity (Wildman–Crippen MR) is 92.4 cm³/mol. The van der Waals surface area contributed by atoms with Crippen molar-refractivity contribution in [3.63, 3.8) is 0 Å². The molecule has 0 unspecified atom stereocenters. The van der Waals surface area contributed by atoms with Crippen LogP contribution >= 0.6 is 11.8 Å². The highest BCUT2D eigenvalue weighted by Gasteiger charge is 2.23. The number of hydrogen-bond acceptors (Lipinski definition) is 3. The minimum Gasteiger partial charge on any atom is -0.353 e. The van der Waals surface area contributed by atoms with Crippen molar-refractivity contribution in [3.8, 4) is 0 Å². The minimum absolute atomic E-state index is 0.0995. The van der Waals surface area contributed by atoms with Crippen LogP contribution in [0.4, 0.5) is 0 Å². The van der Waals surface area contributed by atoms with Crippen LogP contribution in [0.5, 0.6) is 0 Å². The zero-order valence-corrected chi connectivity index (χ0v) is 15.3. The van der Waals surface area contributed by atoms with E-state index in [1.807, 2.05) is 0 Å². The molecule has 1 aromatic heterocycles. The highest BCUT2D eigenvalue weighted by molar-refractivity contribution is 7.99. The molecule has 0 aromatic carbocycles. The van der Waals surface area contributed by atoms with E-state index in [0.717, 1.165) is 10.9 Å². The van der Waals surface area contributed by atoms with E-state index in [2.05, 4.69) is 49.5 Å². The van der Waals surface area contributed by atoms with Crippen LogP contribution in [0.25, 0.3) is 0 Å².